The summed E-state index contributed by atoms with van der Waals surface area (Å²) in [4.78, 5) is 0. The summed E-state index contributed by atoms with van der Waals surface area (Å²) < 4.78 is 14.8. The second-order valence-corrected chi connectivity index (χ2v) is 7.60. The standard InChI is InChI=1S/C20H23BrN4O2S/c1-4-18-23-24-20(28)25(18)22-11-15-9-16(21)19(17(10-15)26-3)27-12-14-7-5-6-13(2)8-14/h5-10,22H,4,11-12H2,1-3H3,(H,24,28). The maximum atomic E-state index is 6.03. The van der Waals surface area contributed by atoms with E-state index in [1.807, 2.05) is 31.2 Å². The molecule has 8 heteroatoms. The van der Waals surface area contributed by atoms with Gasteiger partial charge in [0.05, 0.1) is 18.1 Å². The van der Waals surface area contributed by atoms with Gasteiger partial charge in [0.2, 0.25) is 4.77 Å². The number of rotatable bonds is 8. The lowest BCUT2D eigenvalue weighted by molar-refractivity contribution is 0.282. The maximum Gasteiger partial charge on any atom is 0.214 e. The molecule has 6 nitrogen and oxygen atoms in total. The topological polar surface area (TPSA) is 64.1 Å². The lowest BCUT2D eigenvalue weighted by Crippen LogP contribution is -2.17. The van der Waals surface area contributed by atoms with Crippen molar-refractivity contribution >= 4 is 28.1 Å². The van der Waals surface area contributed by atoms with Crippen LogP contribution in [0.25, 0.3) is 0 Å². The van der Waals surface area contributed by atoms with E-state index >= 15 is 0 Å². The first-order chi connectivity index (χ1) is 13.5. The van der Waals surface area contributed by atoms with Gasteiger partial charge in [-0.15, -0.1) is 0 Å². The normalized spacial score (nSPS) is 10.7. The number of nitrogens with one attached hydrogen (secondary N) is 2. The van der Waals surface area contributed by atoms with E-state index in [9.17, 15) is 0 Å². The fraction of sp³-hybridized carbons (Fsp3) is 0.300. The van der Waals surface area contributed by atoms with Gasteiger partial charge in [-0.05, 0) is 58.3 Å². The first-order valence-electron chi connectivity index (χ1n) is 8.96. The number of aryl methyl sites for hydroxylation is 2. The van der Waals surface area contributed by atoms with E-state index in [0.29, 0.717) is 29.4 Å². The van der Waals surface area contributed by atoms with Crippen LogP contribution in [0, 0.1) is 11.7 Å². The Balaban J connectivity index is 1.75. The Bertz CT molecular complexity index is 1020. The van der Waals surface area contributed by atoms with Crippen LogP contribution in [0.5, 0.6) is 11.5 Å². The van der Waals surface area contributed by atoms with Crippen molar-refractivity contribution in [2.75, 3.05) is 12.5 Å². The molecule has 148 valence electrons. The van der Waals surface area contributed by atoms with Crippen LogP contribution >= 0.6 is 28.1 Å². The van der Waals surface area contributed by atoms with Crippen molar-refractivity contribution in [3.05, 3.63) is 68.2 Å². The number of hydrogen-bond acceptors (Lipinski definition) is 5. The smallest absolute Gasteiger partial charge is 0.214 e. The second kappa shape index (κ2) is 9.25. The van der Waals surface area contributed by atoms with E-state index in [-0.39, 0.29) is 0 Å². The first-order valence-corrected chi connectivity index (χ1v) is 10.2. The van der Waals surface area contributed by atoms with E-state index in [1.54, 1.807) is 11.8 Å². The summed E-state index contributed by atoms with van der Waals surface area (Å²) in [6, 6.07) is 12.2. The lowest BCUT2D eigenvalue weighted by Gasteiger charge is -2.16. The van der Waals surface area contributed by atoms with Crippen molar-refractivity contribution in [2.45, 2.75) is 33.4 Å². The number of aromatic nitrogens is 3. The number of nitrogens with zero attached hydrogens (tertiary/aromatic N) is 2. The monoisotopic (exact) mass is 462 g/mol. The molecule has 0 aliphatic carbocycles. The first kappa shape index (κ1) is 20.4. The Labute approximate surface area is 178 Å². The van der Waals surface area contributed by atoms with Crippen LogP contribution in [0.4, 0.5) is 0 Å². The van der Waals surface area contributed by atoms with Crippen LogP contribution in [-0.4, -0.2) is 22.0 Å². The van der Waals surface area contributed by atoms with Crippen molar-refractivity contribution in [3.63, 3.8) is 0 Å². The summed E-state index contributed by atoms with van der Waals surface area (Å²) >= 11 is 8.88. The molecule has 0 spiro atoms. The van der Waals surface area contributed by atoms with E-state index in [2.05, 4.69) is 50.6 Å². The van der Waals surface area contributed by atoms with Crippen LogP contribution in [-0.2, 0) is 19.6 Å². The number of hydrogen-bond donors (Lipinski definition) is 2. The SMILES string of the molecule is CCc1n[nH]c(=S)n1NCc1cc(Br)c(OCc2cccc(C)c2)c(OC)c1. The summed E-state index contributed by atoms with van der Waals surface area (Å²) in [5.41, 5.74) is 6.64. The second-order valence-electron chi connectivity index (χ2n) is 6.36. The minimum atomic E-state index is 0.471. The molecule has 3 aromatic rings. The number of methoxy groups -OCH3 is 1. The molecule has 0 unspecified atom stereocenters. The molecule has 0 bridgehead atoms. The number of aromatic amines is 1. The van der Waals surface area contributed by atoms with Crippen molar-refractivity contribution < 1.29 is 9.47 Å². The van der Waals surface area contributed by atoms with Crippen molar-refractivity contribution in [2.24, 2.45) is 0 Å². The average Bonchev–Trinajstić information content (AvgIpc) is 3.04. The molecule has 0 aliphatic rings. The van der Waals surface area contributed by atoms with Gasteiger partial charge in [0.25, 0.3) is 0 Å². The molecule has 2 N–H and O–H groups in total. The van der Waals surface area contributed by atoms with Gasteiger partial charge in [-0.1, -0.05) is 36.8 Å². The van der Waals surface area contributed by atoms with Gasteiger partial charge in [0, 0.05) is 6.42 Å². The summed E-state index contributed by atoms with van der Waals surface area (Å²) in [5.74, 6) is 2.21. The molecule has 28 heavy (non-hydrogen) atoms. The summed E-state index contributed by atoms with van der Waals surface area (Å²) in [7, 11) is 1.64. The molecule has 2 aromatic carbocycles. The van der Waals surface area contributed by atoms with Crippen LogP contribution in [0.2, 0.25) is 0 Å². The molecule has 0 saturated heterocycles. The third-order valence-electron chi connectivity index (χ3n) is 4.25. The molecule has 0 radical (unpaired) electrons. The molecule has 0 saturated carbocycles. The molecule has 0 atom stereocenters. The largest absolute Gasteiger partial charge is 0.493 e. The third-order valence-corrected chi connectivity index (χ3v) is 5.12. The third kappa shape index (κ3) is 4.74. The zero-order valence-electron chi connectivity index (χ0n) is 16.1. The summed E-state index contributed by atoms with van der Waals surface area (Å²) in [6.45, 7) is 5.13. The van der Waals surface area contributed by atoms with Crippen LogP contribution in [0.15, 0.2) is 40.9 Å². The summed E-state index contributed by atoms with van der Waals surface area (Å²) in [6.07, 6.45) is 0.777. The van der Waals surface area contributed by atoms with Crippen molar-refractivity contribution in [1.82, 2.24) is 14.9 Å². The van der Waals surface area contributed by atoms with Crippen molar-refractivity contribution in [3.8, 4) is 11.5 Å². The Morgan fingerprint density at radius 3 is 2.79 bits per heavy atom. The molecule has 1 aromatic heterocycles. The van der Waals surface area contributed by atoms with E-state index < -0.39 is 0 Å². The van der Waals surface area contributed by atoms with Crippen LogP contribution in [0.3, 0.4) is 0 Å². The van der Waals surface area contributed by atoms with Gasteiger partial charge in [0.15, 0.2) is 17.3 Å². The Hall–Kier alpha value is -2.32. The molecule has 1 heterocycles. The number of benzene rings is 2. The Morgan fingerprint density at radius 2 is 2.07 bits per heavy atom. The van der Waals surface area contributed by atoms with Gasteiger partial charge < -0.3 is 14.9 Å². The van der Waals surface area contributed by atoms with Gasteiger partial charge in [-0.25, -0.2) is 4.68 Å². The Kier molecular flexibility index (Phi) is 6.74. The van der Waals surface area contributed by atoms with Crippen LogP contribution in [0.1, 0.15) is 29.4 Å². The molecule has 0 fully saturated rings. The van der Waals surface area contributed by atoms with Gasteiger partial charge in [-0.2, -0.15) is 5.10 Å². The minimum Gasteiger partial charge on any atom is -0.493 e. The highest BCUT2D eigenvalue weighted by Crippen LogP contribution is 2.37. The van der Waals surface area contributed by atoms with E-state index in [1.165, 1.54) is 5.56 Å². The molecular weight excluding hydrogens is 440 g/mol. The number of ether oxygens (including phenoxy) is 2. The summed E-state index contributed by atoms with van der Waals surface area (Å²) in [5, 5.41) is 7.00. The highest BCUT2D eigenvalue weighted by atomic mass is 79.9. The highest BCUT2D eigenvalue weighted by Gasteiger charge is 2.13. The molecule has 3 rings (SSSR count). The fourth-order valence-electron chi connectivity index (χ4n) is 2.87. The average molecular weight is 463 g/mol. The molecule has 0 aliphatic heterocycles. The quantitative estimate of drug-likeness (QED) is 0.465. The fourth-order valence-corrected chi connectivity index (χ4v) is 3.69. The maximum absolute atomic E-state index is 6.03. The Morgan fingerprint density at radius 1 is 1.25 bits per heavy atom. The van der Waals surface area contributed by atoms with Gasteiger partial charge >= 0.3 is 0 Å². The lowest BCUT2D eigenvalue weighted by atomic mass is 10.1. The highest BCUT2D eigenvalue weighted by molar-refractivity contribution is 9.10. The molecule has 0 amide bonds. The predicted octanol–water partition coefficient (Wildman–Crippen LogP) is 4.91. The molecular formula is C20H23BrN4O2S. The zero-order chi connectivity index (χ0) is 20.1. The predicted molar refractivity (Wildman–Crippen MR) is 116 cm³/mol. The number of H-pyrrole nitrogens is 1. The zero-order valence-corrected chi connectivity index (χ0v) is 18.5. The van der Waals surface area contributed by atoms with Gasteiger partial charge in [0.1, 0.15) is 6.61 Å². The van der Waals surface area contributed by atoms with Gasteiger partial charge in [-0.3, -0.25) is 5.10 Å². The van der Waals surface area contributed by atoms with E-state index in [0.717, 1.165) is 27.8 Å². The van der Waals surface area contributed by atoms with Crippen molar-refractivity contribution in [1.29, 1.82) is 0 Å². The number of halogens is 1. The minimum absolute atomic E-state index is 0.471. The van der Waals surface area contributed by atoms with Crippen LogP contribution < -0.4 is 14.9 Å². The van der Waals surface area contributed by atoms with E-state index in [4.69, 9.17) is 21.7 Å².